The summed E-state index contributed by atoms with van der Waals surface area (Å²) < 4.78 is 2.17. The molecular weight excluding hydrogens is 228 g/mol. The van der Waals surface area contributed by atoms with Gasteiger partial charge in [0.05, 0.1) is 0 Å². The number of rotatable bonds is 10. The molecule has 0 aromatic rings. The van der Waals surface area contributed by atoms with Gasteiger partial charge in [-0.2, -0.15) is 0 Å². The van der Waals surface area contributed by atoms with Gasteiger partial charge in [-0.05, 0) is 25.3 Å². The van der Waals surface area contributed by atoms with Gasteiger partial charge in [-0.3, -0.25) is 4.99 Å². The lowest BCUT2D eigenvalue weighted by Crippen LogP contribution is -2.16. The summed E-state index contributed by atoms with van der Waals surface area (Å²) in [4.78, 5) is 4.17. The molecule has 17 heavy (non-hydrogen) atoms. The molecule has 0 rings (SSSR count). The highest BCUT2D eigenvalue weighted by Crippen LogP contribution is 2.13. The first-order chi connectivity index (χ1) is 8.22. The standard InChI is InChI=1S/C14H30N2S/c1-5-6-7-8-9-10-11-12-13-17-16(4)14(2)15-3/h5-13H2,1-4H3. The van der Waals surface area contributed by atoms with Crippen LogP contribution in [0.3, 0.4) is 0 Å². The second kappa shape index (κ2) is 12.3. The van der Waals surface area contributed by atoms with Gasteiger partial charge in [-0.25, -0.2) is 0 Å². The average Bonchev–Trinajstić information content (AvgIpc) is 2.35. The molecule has 3 heteroatoms. The summed E-state index contributed by atoms with van der Waals surface area (Å²) in [5, 5.41) is 0. The Labute approximate surface area is 112 Å². The third-order valence-electron chi connectivity index (χ3n) is 3.06. The van der Waals surface area contributed by atoms with Crippen molar-refractivity contribution in [2.45, 2.75) is 65.2 Å². The molecule has 102 valence electrons. The molecule has 0 unspecified atom stereocenters. The largest absolute Gasteiger partial charge is 0.308 e. The Morgan fingerprint density at radius 3 is 2.06 bits per heavy atom. The zero-order valence-electron chi connectivity index (χ0n) is 12.2. The topological polar surface area (TPSA) is 15.6 Å². The van der Waals surface area contributed by atoms with E-state index in [-0.39, 0.29) is 0 Å². The summed E-state index contributed by atoms with van der Waals surface area (Å²) >= 11 is 1.88. The molecule has 0 spiro atoms. The van der Waals surface area contributed by atoms with Crippen LogP contribution in [0.1, 0.15) is 65.2 Å². The highest BCUT2D eigenvalue weighted by atomic mass is 32.2. The minimum atomic E-state index is 1.11. The molecule has 0 atom stereocenters. The second-order valence-corrected chi connectivity index (χ2v) is 5.79. The SMILES string of the molecule is CCCCCCCCCCSN(C)C(C)=NC. The summed E-state index contributed by atoms with van der Waals surface area (Å²) in [6.07, 6.45) is 11.2. The van der Waals surface area contributed by atoms with Gasteiger partial charge in [0.15, 0.2) is 0 Å². The summed E-state index contributed by atoms with van der Waals surface area (Å²) in [6, 6.07) is 0. The molecule has 0 bridgehead atoms. The van der Waals surface area contributed by atoms with E-state index in [0.717, 1.165) is 5.84 Å². The van der Waals surface area contributed by atoms with Gasteiger partial charge in [-0.15, -0.1) is 0 Å². The van der Waals surface area contributed by atoms with Crippen LogP contribution in [0.2, 0.25) is 0 Å². The number of amidine groups is 1. The number of unbranched alkanes of at least 4 members (excludes halogenated alkanes) is 7. The Morgan fingerprint density at radius 2 is 1.53 bits per heavy atom. The third-order valence-corrected chi connectivity index (χ3v) is 4.18. The zero-order valence-corrected chi connectivity index (χ0v) is 13.0. The Balaban J connectivity index is 3.18. The van der Waals surface area contributed by atoms with Crippen LogP contribution in [-0.2, 0) is 0 Å². The van der Waals surface area contributed by atoms with Crippen molar-refractivity contribution in [1.29, 1.82) is 0 Å². The molecular formula is C14H30N2S. The Hall–Kier alpha value is -0.180. The first-order valence-electron chi connectivity index (χ1n) is 7.02. The Morgan fingerprint density at radius 1 is 1.00 bits per heavy atom. The number of hydrogen-bond acceptors (Lipinski definition) is 2. The molecule has 0 aliphatic carbocycles. The van der Waals surface area contributed by atoms with Crippen LogP contribution < -0.4 is 0 Å². The normalized spacial score (nSPS) is 11.9. The van der Waals surface area contributed by atoms with Crippen molar-refractivity contribution in [2.75, 3.05) is 19.8 Å². The van der Waals surface area contributed by atoms with Crippen molar-refractivity contribution in [3.63, 3.8) is 0 Å². The van der Waals surface area contributed by atoms with E-state index >= 15 is 0 Å². The molecule has 0 amide bonds. The van der Waals surface area contributed by atoms with Gasteiger partial charge in [0, 0.05) is 19.8 Å². The van der Waals surface area contributed by atoms with Crippen molar-refractivity contribution in [2.24, 2.45) is 4.99 Å². The van der Waals surface area contributed by atoms with Crippen LogP contribution in [0.5, 0.6) is 0 Å². The maximum atomic E-state index is 4.17. The fourth-order valence-corrected chi connectivity index (χ4v) is 2.55. The van der Waals surface area contributed by atoms with Crippen molar-refractivity contribution in [1.82, 2.24) is 4.31 Å². The van der Waals surface area contributed by atoms with E-state index in [4.69, 9.17) is 0 Å². The lowest BCUT2D eigenvalue weighted by Gasteiger charge is -2.16. The highest BCUT2D eigenvalue weighted by Gasteiger charge is 1.99. The molecule has 0 radical (unpaired) electrons. The summed E-state index contributed by atoms with van der Waals surface area (Å²) in [7, 11) is 3.94. The van der Waals surface area contributed by atoms with Crippen LogP contribution in [-0.4, -0.2) is 30.0 Å². The first-order valence-corrected chi connectivity index (χ1v) is 7.96. The Kier molecular flexibility index (Phi) is 12.2. The number of hydrogen-bond donors (Lipinski definition) is 0. The molecule has 0 N–H and O–H groups in total. The van der Waals surface area contributed by atoms with Gasteiger partial charge in [0.1, 0.15) is 5.84 Å². The van der Waals surface area contributed by atoms with Gasteiger partial charge < -0.3 is 4.31 Å². The monoisotopic (exact) mass is 258 g/mol. The van der Waals surface area contributed by atoms with E-state index in [2.05, 4.69) is 30.2 Å². The molecule has 0 fully saturated rings. The van der Waals surface area contributed by atoms with Gasteiger partial charge in [-0.1, -0.05) is 51.9 Å². The lowest BCUT2D eigenvalue weighted by molar-refractivity contribution is 0.586. The lowest BCUT2D eigenvalue weighted by atomic mass is 10.1. The number of aliphatic imine (C=N–C) groups is 1. The third kappa shape index (κ3) is 10.7. The molecule has 0 saturated carbocycles. The molecule has 0 aromatic carbocycles. The fraction of sp³-hybridized carbons (Fsp3) is 0.929. The highest BCUT2D eigenvalue weighted by molar-refractivity contribution is 7.97. The van der Waals surface area contributed by atoms with Crippen molar-refractivity contribution >= 4 is 17.8 Å². The van der Waals surface area contributed by atoms with Gasteiger partial charge in [0.2, 0.25) is 0 Å². The number of nitrogens with zero attached hydrogens (tertiary/aromatic N) is 2. The minimum absolute atomic E-state index is 1.11. The predicted molar refractivity (Wildman–Crippen MR) is 81.9 cm³/mol. The van der Waals surface area contributed by atoms with Gasteiger partial charge >= 0.3 is 0 Å². The smallest absolute Gasteiger partial charge is 0.105 e. The van der Waals surface area contributed by atoms with E-state index in [0.29, 0.717) is 0 Å². The van der Waals surface area contributed by atoms with E-state index < -0.39 is 0 Å². The molecule has 2 nitrogen and oxygen atoms in total. The molecule has 0 aromatic heterocycles. The summed E-state index contributed by atoms with van der Waals surface area (Å²) in [5.74, 6) is 2.33. The summed E-state index contributed by atoms with van der Waals surface area (Å²) in [6.45, 7) is 4.33. The van der Waals surface area contributed by atoms with Crippen molar-refractivity contribution in [3.8, 4) is 0 Å². The fourth-order valence-electron chi connectivity index (χ4n) is 1.67. The van der Waals surface area contributed by atoms with Crippen molar-refractivity contribution in [3.05, 3.63) is 0 Å². The van der Waals surface area contributed by atoms with Crippen LogP contribution in [0.4, 0.5) is 0 Å². The minimum Gasteiger partial charge on any atom is -0.308 e. The van der Waals surface area contributed by atoms with E-state index in [1.807, 2.05) is 19.0 Å². The van der Waals surface area contributed by atoms with Gasteiger partial charge in [0.25, 0.3) is 0 Å². The maximum Gasteiger partial charge on any atom is 0.105 e. The Bertz CT molecular complexity index is 193. The second-order valence-electron chi connectivity index (χ2n) is 4.58. The molecule has 0 saturated heterocycles. The first kappa shape index (κ1) is 16.8. The van der Waals surface area contributed by atoms with Crippen LogP contribution in [0.25, 0.3) is 0 Å². The van der Waals surface area contributed by atoms with Crippen molar-refractivity contribution < 1.29 is 0 Å². The van der Waals surface area contributed by atoms with E-state index in [1.165, 1.54) is 57.1 Å². The average molecular weight is 258 g/mol. The van der Waals surface area contributed by atoms with Crippen LogP contribution in [0.15, 0.2) is 4.99 Å². The van der Waals surface area contributed by atoms with E-state index in [9.17, 15) is 0 Å². The predicted octanol–water partition coefficient (Wildman–Crippen LogP) is 4.76. The molecule has 0 aliphatic heterocycles. The molecule has 0 heterocycles. The van der Waals surface area contributed by atoms with Crippen LogP contribution in [0, 0.1) is 0 Å². The molecule has 0 aliphatic rings. The summed E-state index contributed by atoms with van der Waals surface area (Å²) in [5.41, 5.74) is 0. The van der Waals surface area contributed by atoms with E-state index in [1.54, 1.807) is 0 Å². The zero-order chi connectivity index (χ0) is 12.9. The maximum absolute atomic E-state index is 4.17. The van der Waals surface area contributed by atoms with Crippen LogP contribution >= 0.6 is 11.9 Å². The quantitative estimate of drug-likeness (QED) is 0.243.